The fourth-order valence-corrected chi connectivity index (χ4v) is 1.99. The van der Waals surface area contributed by atoms with Crippen molar-refractivity contribution in [1.82, 2.24) is 4.90 Å². The third-order valence-electron chi connectivity index (χ3n) is 3.67. The Kier molecular flexibility index (Phi) is 5.49. The van der Waals surface area contributed by atoms with E-state index in [1.54, 1.807) is 0 Å². The molecule has 1 rings (SSSR count). The number of aryl methyl sites for hydroxylation is 1. The first-order valence-electron chi connectivity index (χ1n) is 6.56. The van der Waals surface area contributed by atoms with E-state index < -0.39 is 0 Å². The predicted molar refractivity (Wildman–Crippen MR) is 76.1 cm³/mol. The summed E-state index contributed by atoms with van der Waals surface area (Å²) < 4.78 is 0. The fraction of sp³-hybridized carbons (Fsp3) is 0.600. The molecule has 1 unspecified atom stereocenters. The number of anilines is 1. The molecule has 2 heteroatoms. The predicted octanol–water partition coefficient (Wildman–Crippen LogP) is 3.18. The SMILES string of the molecule is CC(C)C(C)N(C)CCCc1ccccc1N. The lowest BCUT2D eigenvalue weighted by Gasteiger charge is -2.27. The van der Waals surface area contributed by atoms with Crippen molar-refractivity contribution in [2.75, 3.05) is 19.3 Å². The second-order valence-electron chi connectivity index (χ2n) is 5.27. The number of rotatable bonds is 6. The number of hydrogen-bond acceptors (Lipinski definition) is 2. The van der Waals surface area contributed by atoms with Crippen molar-refractivity contribution in [2.45, 2.75) is 39.7 Å². The standard InChI is InChI=1S/C15H26N2/c1-12(2)13(3)17(4)11-7-9-14-8-5-6-10-15(14)16/h5-6,8,10,12-13H,7,9,11,16H2,1-4H3. The van der Waals surface area contributed by atoms with Gasteiger partial charge in [-0.2, -0.15) is 0 Å². The van der Waals surface area contributed by atoms with Gasteiger partial charge >= 0.3 is 0 Å². The Morgan fingerprint density at radius 3 is 2.41 bits per heavy atom. The Morgan fingerprint density at radius 2 is 1.82 bits per heavy atom. The molecule has 2 nitrogen and oxygen atoms in total. The largest absolute Gasteiger partial charge is 0.399 e. The molecule has 2 N–H and O–H groups in total. The van der Waals surface area contributed by atoms with Crippen LogP contribution in [0, 0.1) is 5.92 Å². The van der Waals surface area contributed by atoms with Gasteiger partial charge in [-0.05, 0) is 50.9 Å². The maximum atomic E-state index is 5.93. The van der Waals surface area contributed by atoms with Crippen LogP contribution >= 0.6 is 0 Å². The number of para-hydroxylation sites is 1. The van der Waals surface area contributed by atoms with Gasteiger partial charge < -0.3 is 10.6 Å². The van der Waals surface area contributed by atoms with Crippen LogP contribution in [0.25, 0.3) is 0 Å². The van der Waals surface area contributed by atoms with Gasteiger partial charge in [-0.25, -0.2) is 0 Å². The zero-order valence-corrected chi connectivity index (χ0v) is 11.6. The van der Waals surface area contributed by atoms with Crippen LogP contribution in [0.3, 0.4) is 0 Å². The van der Waals surface area contributed by atoms with E-state index in [9.17, 15) is 0 Å². The number of nitrogens with zero attached hydrogens (tertiary/aromatic N) is 1. The minimum absolute atomic E-state index is 0.642. The molecule has 0 bridgehead atoms. The van der Waals surface area contributed by atoms with Crippen molar-refractivity contribution >= 4 is 5.69 Å². The smallest absolute Gasteiger partial charge is 0.0346 e. The summed E-state index contributed by atoms with van der Waals surface area (Å²) >= 11 is 0. The molecule has 0 saturated heterocycles. The first kappa shape index (κ1) is 14.0. The molecule has 0 radical (unpaired) electrons. The van der Waals surface area contributed by atoms with Gasteiger partial charge in [-0.15, -0.1) is 0 Å². The summed E-state index contributed by atoms with van der Waals surface area (Å²) in [5, 5.41) is 0. The van der Waals surface area contributed by atoms with Crippen molar-refractivity contribution in [3.63, 3.8) is 0 Å². The van der Waals surface area contributed by atoms with E-state index in [1.165, 1.54) is 12.0 Å². The Bertz CT molecular complexity index is 333. The van der Waals surface area contributed by atoms with E-state index >= 15 is 0 Å². The van der Waals surface area contributed by atoms with Crippen LogP contribution in [0.4, 0.5) is 5.69 Å². The number of benzene rings is 1. The highest BCUT2D eigenvalue weighted by atomic mass is 15.1. The molecule has 17 heavy (non-hydrogen) atoms. The van der Waals surface area contributed by atoms with E-state index in [0.717, 1.165) is 18.7 Å². The van der Waals surface area contributed by atoms with Crippen molar-refractivity contribution < 1.29 is 0 Å². The number of nitrogens with two attached hydrogens (primary N) is 1. The highest BCUT2D eigenvalue weighted by Crippen LogP contribution is 2.14. The molecule has 0 amide bonds. The van der Waals surface area contributed by atoms with Gasteiger partial charge in [0.25, 0.3) is 0 Å². The van der Waals surface area contributed by atoms with Crippen LogP contribution in [0.15, 0.2) is 24.3 Å². The van der Waals surface area contributed by atoms with Crippen LogP contribution in [0.1, 0.15) is 32.8 Å². The van der Waals surface area contributed by atoms with Crippen LogP contribution < -0.4 is 5.73 Å². The summed E-state index contributed by atoms with van der Waals surface area (Å²) in [6.45, 7) is 7.97. The summed E-state index contributed by atoms with van der Waals surface area (Å²) in [6.07, 6.45) is 2.24. The molecule has 0 aromatic heterocycles. The molecule has 1 aromatic carbocycles. The first-order chi connectivity index (χ1) is 8.02. The fourth-order valence-electron chi connectivity index (χ4n) is 1.99. The maximum absolute atomic E-state index is 5.93. The summed E-state index contributed by atoms with van der Waals surface area (Å²) in [4.78, 5) is 2.43. The second-order valence-corrected chi connectivity index (χ2v) is 5.27. The lowest BCUT2D eigenvalue weighted by Crippen LogP contribution is -2.34. The van der Waals surface area contributed by atoms with E-state index in [4.69, 9.17) is 5.73 Å². The molecule has 0 heterocycles. The summed E-state index contributed by atoms with van der Waals surface area (Å²) in [6, 6.07) is 8.80. The third-order valence-corrected chi connectivity index (χ3v) is 3.67. The maximum Gasteiger partial charge on any atom is 0.0346 e. The minimum atomic E-state index is 0.642. The molecule has 96 valence electrons. The van der Waals surface area contributed by atoms with Gasteiger partial charge in [0.15, 0.2) is 0 Å². The quantitative estimate of drug-likeness (QED) is 0.766. The molecule has 0 fully saturated rings. The molecule has 0 aliphatic rings. The van der Waals surface area contributed by atoms with Crippen LogP contribution in [0.5, 0.6) is 0 Å². The topological polar surface area (TPSA) is 29.3 Å². The average molecular weight is 234 g/mol. The van der Waals surface area contributed by atoms with E-state index in [-0.39, 0.29) is 0 Å². The zero-order valence-electron chi connectivity index (χ0n) is 11.6. The van der Waals surface area contributed by atoms with Crippen LogP contribution in [0.2, 0.25) is 0 Å². The monoisotopic (exact) mass is 234 g/mol. The van der Waals surface area contributed by atoms with E-state index in [0.29, 0.717) is 12.0 Å². The molecule has 1 atom stereocenters. The van der Waals surface area contributed by atoms with Gasteiger partial charge in [0, 0.05) is 11.7 Å². The highest BCUT2D eigenvalue weighted by Gasteiger charge is 2.12. The molecular weight excluding hydrogens is 208 g/mol. The van der Waals surface area contributed by atoms with Gasteiger partial charge in [-0.1, -0.05) is 32.0 Å². The molecule has 0 aliphatic carbocycles. The Labute approximate surface area is 106 Å². The van der Waals surface area contributed by atoms with Gasteiger partial charge in [0.1, 0.15) is 0 Å². The van der Waals surface area contributed by atoms with Crippen molar-refractivity contribution in [3.8, 4) is 0 Å². The molecule has 0 aliphatic heterocycles. The molecule has 0 spiro atoms. The second kappa shape index (κ2) is 6.65. The normalized spacial score (nSPS) is 13.3. The molecule has 1 aromatic rings. The highest BCUT2D eigenvalue weighted by molar-refractivity contribution is 5.46. The number of hydrogen-bond donors (Lipinski definition) is 1. The van der Waals surface area contributed by atoms with Gasteiger partial charge in [-0.3, -0.25) is 0 Å². The van der Waals surface area contributed by atoms with Crippen molar-refractivity contribution in [1.29, 1.82) is 0 Å². The van der Waals surface area contributed by atoms with Gasteiger partial charge in [0.2, 0.25) is 0 Å². The summed E-state index contributed by atoms with van der Waals surface area (Å²) in [7, 11) is 2.21. The third kappa shape index (κ3) is 4.39. The Balaban J connectivity index is 2.36. The number of nitrogen functional groups attached to an aromatic ring is 1. The van der Waals surface area contributed by atoms with Gasteiger partial charge in [0.05, 0.1) is 0 Å². The summed E-state index contributed by atoms with van der Waals surface area (Å²) in [5.41, 5.74) is 8.13. The van der Waals surface area contributed by atoms with Crippen molar-refractivity contribution in [3.05, 3.63) is 29.8 Å². The lowest BCUT2D eigenvalue weighted by atomic mass is 10.0. The summed E-state index contributed by atoms with van der Waals surface area (Å²) in [5.74, 6) is 0.710. The first-order valence-corrected chi connectivity index (χ1v) is 6.56. The van der Waals surface area contributed by atoms with E-state index in [1.807, 2.05) is 12.1 Å². The molecule has 0 saturated carbocycles. The zero-order chi connectivity index (χ0) is 12.8. The Morgan fingerprint density at radius 1 is 1.18 bits per heavy atom. The average Bonchev–Trinajstić information content (AvgIpc) is 2.30. The van der Waals surface area contributed by atoms with Crippen molar-refractivity contribution in [2.24, 2.45) is 5.92 Å². The minimum Gasteiger partial charge on any atom is -0.399 e. The Hall–Kier alpha value is -1.02. The lowest BCUT2D eigenvalue weighted by molar-refractivity contribution is 0.206. The van der Waals surface area contributed by atoms with Crippen LogP contribution in [-0.4, -0.2) is 24.5 Å². The molecular formula is C15H26N2. The van der Waals surface area contributed by atoms with Crippen LogP contribution in [-0.2, 0) is 6.42 Å². The van der Waals surface area contributed by atoms with E-state index in [2.05, 4.69) is 44.9 Å².